The van der Waals surface area contributed by atoms with E-state index < -0.39 is 11.9 Å². The van der Waals surface area contributed by atoms with Gasteiger partial charge in [-0.15, -0.1) is 0 Å². The van der Waals surface area contributed by atoms with Gasteiger partial charge in [-0.1, -0.05) is 30.3 Å². The lowest BCUT2D eigenvalue weighted by Crippen LogP contribution is -2.37. The number of amides is 1. The van der Waals surface area contributed by atoms with Gasteiger partial charge in [0.2, 0.25) is 5.91 Å². The lowest BCUT2D eigenvalue weighted by molar-refractivity contribution is -0.119. The summed E-state index contributed by atoms with van der Waals surface area (Å²) in [5.41, 5.74) is 11.7. The number of ether oxygens (including phenoxy) is 1. The van der Waals surface area contributed by atoms with Gasteiger partial charge >= 0.3 is 0 Å². The molecule has 0 aliphatic heterocycles. The molecule has 1 unspecified atom stereocenters. The highest BCUT2D eigenvalue weighted by molar-refractivity contribution is 5.79. The Balaban J connectivity index is 2.07. The van der Waals surface area contributed by atoms with Crippen LogP contribution >= 0.6 is 0 Å². The third-order valence-corrected chi connectivity index (χ3v) is 2.32. The van der Waals surface area contributed by atoms with Crippen molar-refractivity contribution in [3.05, 3.63) is 35.9 Å². The molecule has 0 spiro atoms. The number of rotatable bonds is 7. The summed E-state index contributed by atoms with van der Waals surface area (Å²) in [5.74, 6) is -0.480. The Morgan fingerprint density at radius 3 is 2.56 bits per heavy atom. The minimum Gasteiger partial charge on any atom is -0.381 e. The molecule has 0 radical (unpaired) electrons. The maximum Gasteiger partial charge on any atom is 0.234 e. The fourth-order valence-corrected chi connectivity index (χ4v) is 1.29. The molecule has 0 aliphatic carbocycles. The molecule has 88 valence electrons. The second-order valence-electron chi connectivity index (χ2n) is 3.65. The normalized spacial score (nSPS) is 12.3. The van der Waals surface area contributed by atoms with Gasteiger partial charge in [0.25, 0.3) is 0 Å². The Morgan fingerprint density at radius 2 is 1.94 bits per heavy atom. The van der Waals surface area contributed by atoms with E-state index in [0.29, 0.717) is 19.6 Å². The molecule has 0 bridgehead atoms. The highest BCUT2D eigenvalue weighted by atomic mass is 16.5. The maximum absolute atomic E-state index is 10.6. The van der Waals surface area contributed by atoms with Gasteiger partial charge in [-0.3, -0.25) is 4.79 Å². The Hall–Kier alpha value is -1.39. The molecule has 4 nitrogen and oxygen atoms in total. The van der Waals surface area contributed by atoms with Crippen molar-refractivity contribution in [2.45, 2.75) is 18.9 Å². The van der Waals surface area contributed by atoms with Gasteiger partial charge in [-0.2, -0.15) is 0 Å². The predicted octanol–water partition coefficient (Wildman–Crippen LogP) is 0.448. The standard InChI is InChI=1S/C12H18N2O2/c13-11(12(14)15)7-9-16-8-6-10-4-2-1-3-5-10/h1-5,11H,6-9,13H2,(H2,14,15). The van der Waals surface area contributed by atoms with Crippen LogP contribution in [0.3, 0.4) is 0 Å². The molecule has 1 amide bonds. The quantitative estimate of drug-likeness (QED) is 0.657. The number of benzene rings is 1. The lowest BCUT2D eigenvalue weighted by atomic mass is 10.2. The van der Waals surface area contributed by atoms with Crippen molar-refractivity contribution in [2.75, 3.05) is 13.2 Å². The van der Waals surface area contributed by atoms with Crippen LogP contribution in [0.15, 0.2) is 30.3 Å². The van der Waals surface area contributed by atoms with E-state index in [9.17, 15) is 4.79 Å². The van der Waals surface area contributed by atoms with E-state index in [1.807, 2.05) is 18.2 Å². The summed E-state index contributed by atoms with van der Waals surface area (Å²) >= 11 is 0. The molecular weight excluding hydrogens is 204 g/mol. The first-order valence-corrected chi connectivity index (χ1v) is 5.36. The highest BCUT2D eigenvalue weighted by Crippen LogP contribution is 1.99. The number of hydrogen-bond acceptors (Lipinski definition) is 3. The lowest BCUT2D eigenvalue weighted by Gasteiger charge is -2.07. The zero-order valence-electron chi connectivity index (χ0n) is 9.26. The molecule has 4 N–H and O–H groups in total. The molecular formula is C12H18N2O2. The third-order valence-electron chi connectivity index (χ3n) is 2.32. The molecule has 1 aromatic rings. The van der Waals surface area contributed by atoms with E-state index in [4.69, 9.17) is 16.2 Å². The molecule has 1 atom stereocenters. The molecule has 0 fully saturated rings. The fraction of sp³-hybridized carbons (Fsp3) is 0.417. The fourth-order valence-electron chi connectivity index (χ4n) is 1.29. The Bertz CT molecular complexity index is 314. The van der Waals surface area contributed by atoms with E-state index in [-0.39, 0.29) is 0 Å². The summed E-state index contributed by atoms with van der Waals surface area (Å²) in [6, 6.07) is 9.49. The topological polar surface area (TPSA) is 78.3 Å². The monoisotopic (exact) mass is 222 g/mol. The minimum absolute atomic E-state index is 0.469. The van der Waals surface area contributed by atoms with Crippen LogP contribution in [0, 0.1) is 0 Å². The summed E-state index contributed by atoms with van der Waals surface area (Å²) in [6.45, 7) is 1.10. The van der Waals surface area contributed by atoms with Gasteiger partial charge in [-0.05, 0) is 18.4 Å². The van der Waals surface area contributed by atoms with Crippen LogP contribution in [0.5, 0.6) is 0 Å². The SMILES string of the molecule is NC(=O)C(N)CCOCCc1ccccc1. The van der Waals surface area contributed by atoms with E-state index in [1.165, 1.54) is 5.56 Å². The van der Waals surface area contributed by atoms with Crippen LogP contribution in [-0.4, -0.2) is 25.2 Å². The Kier molecular flexibility index (Phi) is 5.53. The largest absolute Gasteiger partial charge is 0.381 e. The predicted molar refractivity (Wildman–Crippen MR) is 62.8 cm³/mol. The molecule has 0 heterocycles. The number of carbonyl (C=O) groups is 1. The average Bonchev–Trinajstić information content (AvgIpc) is 2.29. The molecule has 16 heavy (non-hydrogen) atoms. The van der Waals surface area contributed by atoms with Crippen molar-refractivity contribution in [1.82, 2.24) is 0 Å². The number of hydrogen-bond donors (Lipinski definition) is 2. The Morgan fingerprint density at radius 1 is 1.25 bits per heavy atom. The third kappa shape index (κ3) is 4.91. The molecule has 1 rings (SSSR count). The van der Waals surface area contributed by atoms with Gasteiger partial charge in [0.15, 0.2) is 0 Å². The van der Waals surface area contributed by atoms with E-state index in [1.54, 1.807) is 0 Å². The maximum atomic E-state index is 10.6. The molecule has 4 heteroatoms. The number of carbonyl (C=O) groups excluding carboxylic acids is 1. The summed E-state index contributed by atoms with van der Waals surface area (Å²) in [4.78, 5) is 10.6. The molecule has 0 aromatic heterocycles. The summed E-state index contributed by atoms with van der Waals surface area (Å²) < 4.78 is 5.37. The van der Waals surface area contributed by atoms with E-state index in [0.717, 1.165) is 6.42 Å². The zero-order chi connectivity index (χ0) is 11.8. The zero-order valence-corrected chi connectivity index (χ0v) is 9.26. The minimum atomic E-state index is -0.600. The molecule has 0 saturated carbocycles. The highest BCUT2D eigenvalue weighted by Gasteiger charge is 2.07. The first kappa shape index (κ1) is 12.7. The van der Waals surface area contributed by atoms with Crippen LogP contribution in [0.1, 0.15) is 12.0 Å². The van der Waals surface area contributed by atoms with E-state index in [2.05, 4.69) is 12.1 Å². The number of nitrogens with two attached hydrogens (primary N) is 2. The summed E-state index contributed by atoms with van der Waals surface area (Å²) in [6.07, 6.45) is 1.34. The smallest absolute Gasteiger partial charge is 0.234 e. The van der Waals surface area contributed by atoms with Crippen molar-refractivity contribution in [3.63, 3.8) is 0 Å². The van der Waals surface area contributed by atoms with Gasteiger partial charge in [-0.25, -0.2) is 0 Å². The van der Waals surface area contributed by atoms with Gasteiger partial charge in [0, 0.05) is 6.61 Å². The van der Waals surface area contributed by atoms with Crippen molar-refractivity contribution in [3.8, 4) is 0 Å². The van der Waals surface area contributed by atoms with Crippen LogP contribution < -0.4 is 11.5 Å². The van der Waals surface area contributed by atoms with Crippen LogP contribution in [0.25, 0.3) is 0 Å². The van der Waals surface area contributed by atoms with Crippen LogP contribution in [-0.2, 0) is 16.0 Å². The average molecular weight is 222 g/mol. The second-order valence-corrected chi connectivity index (χ2v) is 3.65. The number of primary amides is 1. The molecule has 0 aliphatic rings. The second kappa shape index (κ2) is 6.98. The summed E-state index contributed by atoms with van der Waals surface area (Å²) in [7, 11) is 0. The summed E-state index contributed by atoms with van der Waals surface area (Å²) in [5, 5.41) is 0. The van der Waals surface area contributed by atoms with Gasteiger partial charge in [0.1, 0.15) is 0 Å². The van der Waals surface area contributed by atoms with Crippen molar-refractivity contribution in [2.24, 2.45) is 11.5 Å². The van der Waals surface area contributed by atoms with Gasteiger partial charge < -0.3 is 16.2 Å². The molecule has 1 aromatic carbocycles. The van der Waals surface area contributed by atoms with E-state index >= 15 is 0 Å². The first-order chi connectivity index (χ1) is 7.70. The van der Waals surface area contributed by atoms with Crippen LogP contribution in [0.4, 0.5) is 0 Å². The van der Waals surface area contributed by atoms with Crippen LogP contribution in [0.2, 0.25) is 0 Å². The van der Waals surface area contributed by atoms with Crippen molar-refractivity contribution < 1.29 is 9.53 Å². The Labute approximate surface area is 95.6 Å². The van der Waals surface area contributed by atoms with Gasteiger partial charge in [0.05, 0.1) is 12.6 Å². The first-order valence-electron chi connectivity index (χ1n) is 5.36. The van der Waals surface area contributed by atoms with Crippen molar-refractivity contribution in [1.29, 1.82) is 0 Å². The van der Waals surface area contributed by atoms with Crippen molar-refractivity contribution >= 4 is 5.91 Å². The molecule has 0 saturated heterocycles.